The smallest absolute Gasteiger partial charge is 0.400 e. The van der Waals surface area contributed by atoms with Crippen LogP contribution in [0.5, 0.6) is 11.5 Å². The minimum atomic E-state index is -0.00775. The number of rotatable bonds is 3. The molecule has 2 heterocycles. The van der Waals surface area contributed by atoms with Gasteiger partial charge in [-0.2, -0.15) is 0 Å². The molecule has 0 unspecified atom stereocenters. The van der Waals surface area contributed by atoms with Gasteiger partial charge in [0.15, 0.2) is 11.5 Å². The lowest BCUT2D eigenvalue weighted by Crippen LogP contribution is -2.36. The van der Waals surface area contributed by atoms with Gasteiger partial charge in [0.25, 0.3) is 0 Å². The molecule has 0 radical (unpaired) electrons. The Morgan fingerprint density at radius 1 is 1.00 bits per heavy atom. The van der Waals surface area contributed by atoms with E-state index in [1.165, 1.54) is 0 Å². The zero-order chi connectivity index (χ0) is 17.6. The molecule has 2 aliphatic rings. The number of fused-ring (bicyclic) bond motifs is 2. The molecule has 0 atom stereocenters. The van der Waals surface area contributed by atoms with Gasteiger partial charge >= 0.3 is 11.8 Å². The van der Waals surface area contributed by atoms with Gasteiger partial charge in [-0.1, -0.05) is 22.8 Å². The van der Waals surface area contributed by atoms with Crippen LogP contribution in [0.3, 0.4) is 0 Å². The van der Waals surface area contributed by atoms with Crippen molar-refractivity contribution < 1.29 is 23.6 Å². The number of hydrogen-bond acceptors (Lipinski definition) is 4. The van der Waals surface area contributed by atoms with E-state index in [2.05, 4.69) is 0 Å². The molecular weight excluding hydrogens is 318 g/mol. The van der Waals surface area contributed by atoms with Crippen molar-refractivity contribution in [1.29, 1.82) is 0 Å². The second-order valence-electron chi connectivity index (χ2n) is 5.94. The summed E-state index contributed by atoms with van der Waals surface area (Å²) in [6.45, 7) is 1.89. The van der Waals surface area contributed by atoms with Gasteiger partial charge in [-0.3, -0.25) is 0 Å². The zero-order valence-electron chi connectivity index (χ0n) is 14.3. The van der Waals surface area contributed by atoms with E-state index >= 15 is 0 Å². The molecule has 0 N–H and O–H groups in total. The van der Waals surface area contributed by atoms with E-state index in [1.807, 2.05) is 49.4 Å². The molecule has 126 valence electrons. The molecule has 0 fully saturated rings. The summed E-state index contributed by atoms with van der Waals surface area (Å²) in [4.78, 5) is 12.7. The molecule has 1 amide bonds. The van der Waals surface area contributed by atoms with Crippen molar-refractivity contribution in [2.45, 2.75) is 13.3 Å². The maximum absolute atomic E-state index is 12.7. The highest BCUT2D eigenvalue weighted by molar-refractivity contribution is 6.21. The van der Waals surface area contributed by atoms with E-state index in [0.717, 1.165) is 27.5 Å². The summed E-state index contributed by atoms with van der Waals surface area (Å²) >= 11 is 0. The van der Waals surface area contributed by atoms with Gasteiger partial charge in [0.2, 0.25) is 5.69 Å². The van der Waals surface area contributed by atoms with Crippen LogP contribution >= 0.6 is 0 Å². The third-order valence-electron chi connectivity index (χ3n) is 4.53. The van der Waals surface area contributed by atoms with E-state index in [1.54, 1.807) is 18.8 Å². The van der Waals surface area contributed by atoms with Crippen molar-refractivity contribution in [2.75, 3.05) is 14.2 Å². The Labute approximate surface area is 145 Å². The van der Waals surface area contributed by atoms with Crippen LogP contribution in [0.2, 0.25) is 0 Å². The van der Waals surface area contributed by atoms with E-state index < -0.39 is 0 Å². The molecule has 0 aromatic heterocycles. The highest BCUT2D eigenvalue weighted by Gasteiger charge is 2.42. The normalized spacial score (nSPS) is 15.7. The first kappa shape index (κ1) is 15.4. The van der Waals surface area contributed by atoms with Gasteiger partial charge in [0.1, 0.15) is 12.2 Å². The van der Waals surface area contributed by atoms with Crippen molar-refractivity contribution >= 4 is 28.8 Å². The summed E-state index contributed by atoms with van der Waals surface area (Å²) in [6.07, 6.45) is 0.292. The Balaban J connectivity index is 2.05. The maximum atomic E-state index is 12.7. The van der Waals surface area contributed by atoms with E-state index in [4.69, 9.17) is 14.2 Å². The molecule has 0 spiro atoms. The van der Waals surface area contributed by atoms with Crippen LogP contribution in [0.25, 0.3) is 11.3 Å². The predicted octanol–water partition coefficient (Wildman–Crippen LogP) is 1.69. The number of benzene rings is 2. The standard InChI is InChI=1S/C20H18NO4/c1-12-14-9-17(23-2)18(24-3)10-15(14)16-11-19(22)21(20(16)25-12)13-7-5-4-6-8-13/h4-10H,11H2,1-3H3/q+1. The van der Waals surface area contributed by atoms with Crippen LogP contribution in [-0.4, -0.2) is 30.6 Å². The number of nitrogens with zero attached hydrogens (tertiary/aromatic N) is 1. The largest absolute Gasteiger partial charge is 0.493 e. The average molecular weight is 336 g/mol. The third kappa shape index (κ3) is 2.31. The summed E-state index contributed by atoms with van der Waals surface area (Å²) in [5.41, 5.74) is 1.67. The van der Waals surface area contributed by atoms with Crippen molar-refractivity contribution in [3.8, 4) is 11.5 Å². The van der Waals surface area contributed by atoms with Gasteiger partial charge in [-0.05, 0) is 19.1 Å². The van der Waals surface area contributed by atoms with Crippen molar-refractivity contribution in [1.82, 2.24) is 0 Å². The monoisotopic (exact) mass is 336 g/mol. The maximum Gasteiger partial charge on any atom is 0.400 e. The molecule has 5 nitrogen and oxygen atoms in total. The summed E-state index contributed by atoms with van der Waals surface area (Å²) in [7, 11) is 3.20. The number of hydrogen-bond donors (Lipinski definition) is 0. The van der Waals surface area contributed by atoms with E-state index in [0.29, 0.717) is 23.8 Å². The summed E-state index contributed by atoms with van der Waals surface area (Å²) in [5.74, 6) is 2.57. The first-order valence-electron chi connectivity index (χ1n) is 8.03. The number of ether oxygens (including phenoxy) is 3. The van der Waals surface area contributed by atoms with Gasteiger partial charge in [-0.15, -0.1) is 0 Å². The fraction of sp³-hybridized carbons (Fsp3) is 0.200. The molecular formula is C20H18NO4+. The molecule has 2 aromatic carbocycles. The first-order chi connectivity index (χ1) is 12.1. The molecule has 0 bridgehead atoms. The van der Waals surface area contributed by atoms with Gasteiger partial charge < -0.3 is 14.2 Å². The number of amides is 1. The van der Waals surface area contributed by atoms with Crippen molar-refractivity contribution in [3.05, 3.63) is 52.9 Å². The molecule has 25 heavy (non-hydrogen) atoms. The zero-order valence-corrected chi connectivity index (χ0v) is 14.3. The van der Waals surface area contributed by atoms with E-state index in [9.17, 15) is 4.79 Å². The lowest BCUT2D eigenvalue weighted by atomic mass is 10.0. The lowest BCUT2D eigenvalue weighted by molar-refractivity contribution is -0.368. The predicted molar refractivity (Wildman–Crippen MR) is 93.4 cm³/mol. The molecule has 5 heteroatoms. The Kier molecular flexibility index (Phi) is 3.57. The molecule has 2 aromatic rings. The summed E-state index contributed by atoms with van der Waals surface area (Å²) < 4.78 is 18.5. The lowest BCUT2D eigenvalue weighted by Gasteiger charge is -2.13. The fourth-order valence-corrected chi connectivity index (χ4v) is 3.33. The minimum Gasteiger partial charge on any atom is -0.493 e. The molecule has 2 aliphatic heterocycles. The number of methoxy groups -OCH3 is 2. The van der Waals surface area contributed by atoms with Gasteiger partial charge in [0, 0.05) is 22.6 Å². The number of para-hydroxylation sites is 1. The summed E-state index contributed by atoms with van der Waals surface area (Å²) in [5, 5.41) is 1.86. The highest BCUT2D eigenvalue weighted by atomic mass is 16.5. The average Bonchev–Trinajstić information content (AvgIpc) is 2.97. The van der Waals surface area contributed by atoms with E-state index in [-0.39, 0.29) is 5.91 Å². The van der Waals surface area contributed by atoms with Crippen LogP contribution in [0.4, 0.5) is 5.69 Å². The van der Waals surface area contributed by atoms with Crippen molar-refractivity contribution in [2.24, 2.45) is 0 Å². The molecule has 0 saturated heterocycles. The van der Waals surface area contributed by atoms with Gasteiger partial charge in [0.05, 0.1) is 19.8 Å². The fourth-order valence-electron chi connectivity index (χ4n) is 3.33. The Morgan fingerprint density at radius 2 is 1.64 bits per heavy atom. The van der Waals surface area contributed by atoms with Crippen LogP contribution in [-0.2, 0) is 9.53 Å². The summed E-state index contributed by atoms with van der Waals surface area (Å²) in [6, 6.07) is 13.3. The SMILES string of the molecule is COc1cc2c(cc1OC)=C1CC(=O)[N+](c3ccccc3)=C1OC=2C. The molecule has 4 rings (SSSR count). The quantitative estimate of drug-likeness (QED) is 0.801. The Morgan fingerprint density at radius 3 is 2.28 bits per heavy atom. The minimum absolute atomic E-state index is 0.00775. The Hall–Kier alpha value is -3.08. The first-order valence-corrected chi connectivity index (χ1v) is 8.03. The second-order valence-corrected chi connectivity index (χ2v) is 5.94. The van der Waals surface area contributed by atoms with Crippen LogP contribution in [0.15, 0.2) is 42.5 Å². The van der Waals surface area contributed by atoms with Crippen molar-refractivity contribution in [3.63, 3.8) is 0 Å². The second kappa shape index (κ2) is 5.77. The van der Waals surface area contributed by atoms with Gasteiger partial charge in [-0.25, -0.2) is 4.79 Å². The van der Waals surface area contributed by atoms with Crippen LogP contribution < -0.4 is 19.9 Å². The molecule has 0 saturated carbocycles. The number of carbonyl (C=O) groups excluding carboxylic acids is 1. The highest BCUT2D eigenvalue weighted by Crippen LogP contribution is 2.28. The van der Waals surface area contributed by atoms with Crippen LogP contribution in [0, 0.1) is 0 Å². The number of carbonyl (C=O) groups is 1. The molecule has 0 aliphatic carbocycles. The Bertz CT molecular complexity index is 1040. The van der Waals surface area contributed by atoms with Crippen LogP contribution in [0.1, 0.15) is 13.3 Å². The third-order valence-corrected chi connectivity index (χ3v) is 4.53. The topological polar surface area (TPSA) is 47.8 Å².